The maximum atomic E-state index is 14.4. The average Bonchev–Trinajstić information content (AvgIpc) is 3.45. The molecule has 1 saturated heterocycles. The molecule has 2 fully saturated rings. The first-order valence-corrected chi connectivity index (χ1v) is 17.5. The van der Waals surface area contributed by atoms with E-state index in [2.05, 4.69) is 55.1 Å². The number of nitrogens with zero attached hydrogens (tertiary/aromatic N) is 7. The fourth-order valence-electron chi connectivity index (χ4n) is 7.70. The summed E-state index contributed by atoms with van der Waals surface area (Å²) in [5.41, 5.74) is 4.37. The van der Waals surface area contributed by atoms with Crippen molar-refractivity contribution in [3.05, 3.63) is 82.3 Å². The molecule has 3 atom stereocenters. The fourth-order valence-corrected chi connectivity index (χ4v) is 8.04. The number of carbonyl (C=O) groups excluding carboxylic acids is 3. The number of rotatable bonds is 4. The molecule has 0 radical (unpaired) electrons. The molecule has 2 aliphatic heterocycles. The summed E-state index contributed by atoms with van der Waals surface area (Å²) in [4.78, 5) is 58.8. The van der Waals surface area contributed by atoms with Crippen molar-refractivity contribution in [3.8, 4) is 11.1 Å². The highest BCUT2D eigenvalue weighted by molar-refractivity contribution is 9.10. The van der Waals surface area contributed by atoms with Crippen molar-refractivity contribution in [2.24, 2.45) is 5.41 Å². The van der Waals surface area contributed by atoms with E-state index >= 15 is 0 Å². The predicted molar refractivity (Wildman–Crippen MR) is 186 cm³/mol. The Labute approximate surface area is 288 Å². The van der Waals surface area contributed by atoms with Gasteiger partial charge < -0.3 is 9.80 Å². The van der Waals surface area contributed by atoms with Gasteiger partial charge in [-0.2, -0.15) is 5.10 Å². The van der Waals surface area contributed by atoms with E-state index in [1.165, 1.54) is 6.92 Å². The van der Waals surface area contributed by atoms with E-state index in [4.69, 9.17) is 4.98 Å². The highest BCUT2D eigenvalue weighted by Crippen LogP contribution is 2.60. The molecule has 1 amide bonds. The molecule has 5 heterocycles. The number of likely N-dealkylation sites (tertiary alicyclic amines) is 1. The minimum absolute atomic E-state index is 0.00377. The maximum absolute atomic E-state index is 14.4. The van der Waals surface area contributed by atoms with Gasteiger partial charge in [0.25, 0.3) is 0 Å². The van der Waals surface area contributed by atoms with Crippen LogP contribution in [-0.2, 0) is 29.0 Å². The van der Waals surface area contributed by atoms with E-state index < -0.39 is 6.04 Å². The third kappa shape index (κ3) is 6.37. The minimum atomic E-state index is -0.538. The Morgan fingerprint density at radius 2 is 1.85 bits per heavy atom. The zero-order chi connectivity index (χ0) is 33.6. The molecule has 10 nitrogen and oxygen atoms in total. The van der Waals surface area contributed by atoms with E-state index in [9.17, 15) is 14.4 Å². The van der Waals surface area contributed by atoms with Crippen molar-refractivity contribution in [3.63, 3.8) is 0 Å². The van der Waals surface area contributed by atoms with Crippen LogP contribution in [0.2, 0.25) is 0 Å². The molecule has 1 spiro atoms. The van der Waals surface area contributed by atoms with Gasteiger partial charge in [-0.15, -0.1) is 0 Å². The normalized spacial score (nSPS) is 23.2. The summed E-state index contributed by atoms with van der Waals surface area (Å²) in [5.74, 6) is 0.355. The number of benzene rings is 1. The highest BCUT2D eigenvalue weighted by atomic mass is 79.9. The molecule has 11 heteroatoms. The van der Waals surface area contributed by atoms with Crippen LogP contribution in [-0.4, -0.2) is 84.2 Å². The van der Waals surface area contributed by atoms with Crippen LogP contribution >= 0.6 is 15.9 Å². The summed E-state index contributed by atoms with van der Waals surface area (Å²) < 4.78 is 2.31. The number of pyridine rings is 1. The van der Waals surface area contributed by atoms with Gasteiger partial charge in [0.05, 0.1) is 23.7 Å². The summed E-state index contributed by atoms with van der Waals surface area (Å²) in [7, 11) is 2.15. The van der Waals surface area contributed by atoms with Gasteiger partial charge in [0.1, 0.15) is 22.7 Å². The number of hydrogen-bond donors (Lipinski definition) is 0. The summed E-state index contributed by atoms with van der Waals surface area (Å²) >= 11 is 3.50. The van der Waals surface area contributed by atoms with Crippen molar-refractivity contribution >= 4 is 44.3 Å². The van der Waals surface area contributed by atoms with Gasteiger partial charge in [-0.1, -0.05) is 24.3 Å². The van der Waals surface area contributed by atoms with E-state index in [1.807, 2.05) is 42.2 Å². The Hall–Kier alpha value is -4.09. The van der Waals surface area contributed by atoms with Crippen molar-refractivity contribution in [2.45, 2.75) is 77.4 Å². The highest BCUT2D eigenvalue weighted by Gasteiger charge is 2.66. The average molecular weight is 711 g/mol. The van der Waals surface area contributed by atoms with Gasteiger partial charge in [0.15, 0.2) is 11.6 Å². The van der Waals surface area contributed by atoms with Crippen LogP contribution in [0.15, 0.2) is 59.5 Å². The van der Waals surface area contributed by atoms with Crippen molar-refractivity contribution in [1.29, 1.82) is 0 Å². The zero-order valence-corrected chi connectivity index (χ0v) is 29.2. The van der Waals surface area contributed by atoms with Crippen LogP contribution in [0.25, 0.3) is 22.0 Å². The third-order valence-corrected chi connectivity index (χ3v) is 10.6. The Morgan fingerprint density at radius 1 is 1.04 bits per heavy atom. The lowest BCUT2D eigenvalue weighted by Gasteiger charge is -2.27. The predicted octanol–water partition coefficient (Wildman–Crippen LogP) is 5.55. The van der Waals surface area contributed by atoms with Crippen molar-refractivity contribution in [1.82, 2.24) is 34.5 Å². The number of amides is 1. The smallest absolute Gasteiger partial charge is 0.245 e. The Bertz CT molecular complexity index is 1940. The van der Waals surface area contributed by atoms with Crippen molar-refractivity contribution in [2.75, 3.05) is 20.1 Å². The second-order valence-corrected chi connectivity index (χ2v) is 14.5. The van der Waals surface area contributed by atoms with Crippen LogP contribution in [0.4, 0.5) is 0 Å². The quantitative estimate of drug-likeness (QED) is 0.154. The van der Waals surface area contributed by atoms with Gasteiger partial charge in [0.2, 0.25) is 5.91 Å². The van der Waals surface area contributed by atoms with Gasteiger partial charge in [0, 0.05) is 48.3 Å². The molecule has 1 aliphatic carbocycles. The molecule has 0 unspecified atom stereocenters. The van der Waals surface area contributed by atoms with E-state index in [0.29, 0.717) is 39.9 Å². The molecular formula is C37H40BrN7O3. The lowest BCUT2D eigenvalue weighted by atomic mass is 9.93. The number of fused-ring (bicyclic) bond motifs is 3. The minimum Gasteiger partial charge on any atom is -0.327 e. The second kappa shape index (κ2) is 13.1. The Balaban J connectivity index is 1.20. The summed E-state index contributed by atoms with van der Waals surface area (Å²) in [6.45, 7) is 5.10. The SMILES string of the molecule is CC(=O)c1nn(CC(=O)N2[C@H]3C[C@]4(C[C@@H]24)CN(C)CCCCC=CCc2ccc(Br)nc2CC3=O)c2ccc(-c3cnc(C)nc3)cc12. The maximum Gasteiger partial charge on any atom is 0.245 e. The molecular weight excluding hydrogens is 670 g/mol. The number of halogens is 1. The zero-order valence-electron chi connectivity index (χ0n) is 27.7. The molecule has 248 valence electrons. The number of ketones is 2. The van der Waals surface area contributed by atoms with Crippen LogP contribution in [0.1, 0.15) is 66.6 Å². The number of allylic oxidation sites excluding steroid dienone is 2. The van der Waals surface area contributed by atoms with E-state index in [1.54, 1.807) is 17.1 Å². The van der Waals surface area contributed by atoms with Gasteiger partial charge >= 0.3 is 0 Å². The van der Waals surface area contributed by atoms with Crippen molar-refractivity contribution < 1.29 is 14.4 Å². The lowest BCUT2D eigenvalue weighted by Crippen LogP contribution is -2.45. The largest absolute Gasteiger partial charge is 0.327 e. The second-order valence-electron chi connectivity index (χ2n) is 13.7. The molecule has 2 bridgehead atoms. The van der Waals surface area contributed by atoms with E-state index in [0.717, 1.165) is 61.2 Å². The Morgan fingerprint density at radius 3 is 2.65 bits per heavy atom. The monoisotopic (exact) mass is 709 g/mol. The molecule has 3 aromatic heterocycles. The molecule has 7 rings (SSSR count). The third-order valence-electron chi connectivity index (χ3n) is 10.2. The number of Topliss-reactive ketones (excluding diaryl/α,β-unsaturated/α-hetero) is 2. The summed E-state index contributed by atoms with van der Waals surface area (Å²) in [5, 5.41) is 5.32. The lowest BCUT2D eigenvalue weighted by molar-refractivity contribution is -0.139. The first-order valence-electron chi connectivity index (χ1n) is 16.7. The number of aromatic nitrogens is 5. The van der Waals surface area contributed by atoms with Crippen LogP contribution in [0.3, 0.4) is 0 Å². The van der Waals surface area contributed by atoms with Crippen LogP contribution in [0, 0.1) is 12.3 Å². The van der Waals surface area contributed by atoms with E-state index in [-0.39, 0.29) is 41.9 Å². The standard InChI is InChI=1S/C37H40BrN7O3/c1-23(46)36-28-15-26(27-19-39-24(2)40-20-27)10-12-30(28)44(42-36)21-35(48)45-31-17-37(18-33(37)45)22-43(3)14-8-6-4-5-7-9-25-11-13-34(38)41-29(25)16-32(31)47/h5,7,10-13,15,19-20,31,33H,4,6,8-9,14,16-18,21-22H2,1-3H3/t31-,33+,37-/m0/s1. The Kier molecular flexibility index (Phi) is 8.84. The summed E-state index contributed by atoms with van der Waals surface area (Å²) in [6, 6.07) is 9.14. The molecule has 3 aliphatic rings. The van der Waals surface area contributed by atoms with Gasteiger partial charge in [-0.3, -0.25) is 19.1 Å². The number of piperidine rings is 1. The van der Waals surface area contributed by atoms with Crippen LogP contribution in [0.5, 0.6) is 0 Å². The van der Waals surface area contributed by atoms with Gasteiger partial charge in [-0.25, -0.2) is 15.0 Å². The first-order chi connectivity index (χ1) is 23.1. The number of hydrogen-bond acceptors (Lipinski definition) is 8. The summed E-state index contributed by atoms with van der Waals surface area (Å²) in [6.07, 6.45) is 13.6. The number of carbonyl (C=O) groups is 3. The fraction of sp³-hybridized carbons (Fsp3) is 0.432. The molecule has 4 aromatic rings. The molecule has 0 N–H and O–H groups in total. The molecule has 1 aromatic carbocycles. The van der Waals surface area contributed by atoms with Crippen LogP contribution < -0.4 is 0 Å². The topological polar surface area (TPSA) is 114 Å². The first kappa shape index (κ1) is 32.5. The van der Waals surface area contributed by atoms with Gasteiger partial charge in [-0.05, 0) is 104 Å². The molecule has 48 heavy (non-hydrogen) atoms. The number of aryl methyl sites for hydroxylation is 1. The molecule has 1 saturated carbocycles.